The number of methoxy groups -OCH3 is 1. The van der Waals surface area contributed by atoms with Crippen LogP contribution in [-0.4, -0.2) is 51.4 Å². The molecule has 2 rings (SSSR count). The summed E-state index contributed by atoms with van der Waals surface area (Å²) in [5.74, 6) is -0.0987. The van der Waals surface area contributed by atoms with Gasteiger partial charge in [0.1, 0.15) is 0 Å². The molecule has 0 radical (unpaired) electrons. The van der Waals surface area contributed by atoms with Crippen LogP contribution in [0, 0.1) is 5.82 Å². The standard InChI is InChI=1S/C13H19FN2O2/c1-16-5-6-18-11(9-16)8-15-10-3-4-12(14)13(7-10)17-2/h3-4,7,11,15H,5-6,8-9H2,1-2H3. The molecule has 5 heteroatoms. The molecule has 1 aliphatic rings. The summed E-state index contributed by atoms with van der Waals surface area (Å²) in [6.07, 6.45) is 0.166. The van der Waals surface area contributed by atoms with Gasteiger partial charge in [-0.15, -0.1) is 0 Å². The molecule has 4 nitrogen and oxygen atoms in total. The Labute approximate surface area is 107 Å². The number of benzene rings is 1. The third-order valence-corrected chi connectivity index (χ3v) is 3.03. The summed E-state index contributed by atoms with van der Waals surface area (Å²) in [6, 6.07) is 4.75. The molecule has 1 atom stereocenters. The SMILES string of the molecule is COc1cc(NCC2CN(C)CCO2)ccc1F. The van der Waals surface area contributed by atoms with Gasteiger partial charge in [0, 0.05) is 31.4 Å². The summed E-state index contributed by atoms with van der Waals surface area (Å²) < 4.78 is 23.8. The zero-order chi connectivity index (χ0) is 13.0. The highest BCUT2D eigenvalue weighted by Gasteiger charge is 2.17. The molecule has 1 unspecified atom stereocenters. The average molecular weight is 254 g/mol. The molecule has 0 aliphatic carbocycles. The fraction of sp³-hybridized carbons (Fsp3) is 0.538. The van der Waals surface area contributed by atoms with E-state index >= 15 is 0 Å². The van der Waals surface area contributed by atoms with Crippen LogP contribution in [0.5, 0.6) is 5.75 Å². The van der Waals surface area contributed by atoms with Gasteiger partial charge in [-0.3, -0.25) is 0 Å². The summed E-state index contributed by atoms with van der Waals surface area (Å²) in [5.41, 5.74) is 0.838. The van der Waals surface area contributed by atoms with Crippen LogP contribution in [0.1, 0.15) is 0 Å². The summed E-state index contributed by atoms with van der Waals surface area (Å²) in [4.78, 5) is 2.24. The first-order chi connectivity index (χ1) is 8.69. The van der Waals surface area contributed by atoms with Crippen LogP contribution in [0.4, 0.5) is 10.1 Å². The zero-order valence-electron chi connectivity index (χ0n) is 10.8. The van der Waals surface area contributed by atoms with E-state index in [9.17, 15) is 4.39 Å². The monoisotopic (exact) mass is 254 g/mol. The van der Waals surface area contributed by atoms with Crippen LogP contribution >= 0.6 is 0 Å². The van der Waals surface area contributed by atoms with Crippen LogP contribution < -0.4 is 10.1 Å². The van der Waals surface area contributed by atoms with E-state index in [0.29, 0.717) is 6.54 Å². The van der Waals surface area contributed by atoms with E-state index in [-0.39, 0.29) is 17.7 Å². The molecule has 0 saturated carbocycles. The van der Waals surface area contributed by atoms with Crippen molar-refractivity contribution >= 4 is 5.69 Å². The van der Waals surface area contributed by atoms with Crippen molar-refractivity contribution in [2.75, 3.05) is 45.7 Å². The Bertz CT molecular complexity index is 401. The van der Waals surface area contributed by atoms with Crippen molar-refractivity contribution in [3.05, 3.63) is 24.0 Å². The third-order valence-electron chi connectivity index (χ3n) is 3.03. The minimum Gasteiger partial charge on any atom is -0.494 e. The maximum atomic E-state index is 13.2. The predicted molar refractivity (Wildman–Crippen MR) is 68.7 cm³/mol. The zero-order valence-corrected chi connectivity index (χ0v) is 10.8. The molecular formula is C13H19FN2O2. The Morgan fingerprint density at radius 2 is 2.39 bits per heavy atom. The number of rotatable bonds is 4. The Kier molecular flexibility index (Phi) is 4.38. The van der Waals surface area contributed by atoms with E-state index in [2.05, 4.69) is 17.3 Å². The summed E-state index contributed by atoms with van der Waals surface area (Å²) in [6.45, 7) is 3.35. The van der Waals surface area contributed by atoms with Gasteiger partial charge in [-0.05, 0) is 19.2 Å². The largest absolute Gasteiger partial charge is 0.494 e. The molecule has 0 bridgehead atoms. The molecule has 1 aromatic carbocycles. The van der Waals surface area contributed by atoms with E-state index in [1.807, 2.05) is 0 Å². The van der Waals surface area contributed by atoms with Gasteiger partial charge in [0.2, 0.25) is 0 Å². The van der Waals surface area contributed by atoms with Gasteiger partial charge in [-0.25, -0.2) is 4.39 Å². The fourth-order valence-electron chi connectivity index (χ4n) is 1.99. The lowest BCUT2D eigenvalue weighted by Gasteiger charge is -2.30. The highest BCUT2D eigenvalue weighted by molar-refractivity contribution is 5.48. The van der Waals surface area contributed by atoms with Crippen LogP contribution in [0.25, 0.3) is 0 Å². The highest BCUT2D eigenvalue weighted by Crippen LogP contribution is 2.21. The van der Waals surface area contributed by atoms with Crippen molar-refractivity contribution < 1.29 is 13.9 Å². The van der Waals surface area contributed by atoms with Gasteiger partial charge in [-0.1, -0.05) is 0 Å². The molecule has 1 aromatic rings. The Morgan fingerprint density at radius 3 is 3.11 bits per heavy atom. The van der Waals surface area contributed by atoms with Gasteiger partial charge in [-0.2, -0.15) is 0 Å². The lowest BCUT2D eigenvalue weighted by atomic mass is 10.2. The van der Waals surface area contributed by atoms with Gasteiger partial charge in [0.25, 0.3) is 0 Å². The molecule has 0 aromatic heterocycles. The molecule has 1 saturated heterocycles. The Hall–Kier alpha value is -1.33. The molecule has 1 aliphatic heterocycles. The minimum absolute atomic E-state index is 0.166. The molecule has 1 N–H and O–H groups in total. The molecule has 0 spiro atoms. The number of likely N-dealkylation sites (N-methyl/N-ethyl adjacent to an activating group) is 1. The van der Waals surface area contributed by atoms with Crippen LogP contribution in [0.2, 0.25) is 0 Å². The van der Waals surface area contributed by atoms with Crippen LogP contribution in [0.3, 0.4) is 0 Å². The van der Waals surface area contributed by atoms with Crippen molar-refractivity contribution in [1.29, 1.82) is 0 Å². The predicted octanol–water partition coefficient (Wildman–Crippen LogP) is 1.58. The number of anilines is 1. The molecule has 100 valence electrons. The van der Waals surface area contributed by atoms with Crippen molar-refractivity contribution in [1.82, 2.24) is 4.90 Å². The Morgan fingerprint density at radius 1 is 1.56 bits per heavy atom. The second kappa shape index (κ2) is 6.02. The number of morpholine rings is 1. The van der Waals surface area contributed by atoms with Crippen molar-refractivity contribution in [2.45, 2.75) is 6.10 Å². The first-order valence-corrected chi connectivity index (χ1v) is 6.06. The van der Waals surface area contributed by atoms with Crippen LogP contribution in [-0.2, 0) is 4.74 Å². The number of halogens is 1. The summed E-state index contributed by atoms with van der Waals surface area (Å²) in [5, 5.41) is 3.24. The number of nitrogens with zero attached hydrogens (tertiary/aromatic N) is 1. The van der Waals surface area contributed by atoms with Gasteiger partial charge in [0.15, 0.2) is 11.6 Å². The quantitative estimate of drug-likeness (QED) is 0.884. The van der Waals surface area contributed by atoms with E-state index in [4.69, 9.17) is 9.47 Å². The molecule has 1 fully saturated rings. The van der Waals surface area contributed by atoms with Gasteiger partial charge in [0.05, 0.1) is 19.8 Å². The molecule has 1 heterocycles. The Balaban J connectivity index is 1.89. The number of nitrogens with one attached hydrogen (secondary N) is 1. The second-order valence-corrected chi connectivity index (χ2v) is 4.49. The second-order valence-electron chi connectivity index (χ2n) is 4.49. The van der Waals surface area contributed by atoms with Crippen molar-refractivity contribution in [3.8, 4) is 5.75 Å². The van der Waals surface area contributed by atoms with Crippen molar-refractivity contribution in [3.63, 3.8) is 0 Å². The maximum Gasteiger partial charge on any atom is 0.165 e. The van der Waals surface area contributed by atoms with Crippen molar-refractivity contribution in [2.24, 2.45) is 0 Å². The third kappa shape index (κ3) is 3.34. The number of ether oxygens (including phenoxy) is 2. The average Bonchev–Trinajstić information content (AvgIpc) is 2.38. The first kappa shape index (κ1) is 13.1. The molecule has 18 heavy (non-hydrogen) atoms. The first-order valence-electron chi connectivity index (χ1n) is 6.06. The molecular weight excluding hydrogens is 235 g/mol. The van der Waals surface area contributed by atoms with E-state index in [1.54, 1.807) is 12.1 Å². The normalized spacial score (nSPS) is 20.7. The highest BCUT2D eigenvalue weighted by atomic mass is 19.1. The van der Waals surface area contributed by atoms with Crippen LogP contribution in [0.15, 0.2) is 18.2 Å². The van der Waals surface area contributed by atoms with E-state index in [0.717, 1.165) is 25.4 Å². The molecule has 0 amide bonds. The smallest absolute Gasteiger partial charge is 0.165 e. The fourth-order valence-corrected chi connectivity index (χ4v) is 1.99. The number of hydrogen-bond acceptors (Lipinski definition) is 4. The van der Waals surface area contributed by atoms with Gasteiger partial charge < -0.3 is 19.7 Å². The van der Waals surface area contributed by atoms with E-state index in [1.165, 1.54) is 13.2 Å². The topological polar surface area (TPSA) is 33.7 Å². The lowest BCUT2D eigenvalue weighted by Crippen LogP contribution is -2.43. The number of hydrogen-bond donors (Lipinski definition) is 1. The summed E-state index contributed by atoms with van der Waals surface area (Å²) >= 11 is 0. The van der Waals surface area contributed by atoms with Gasteiger partial charge >= 0.3 is 0 Å². The lowest BCUT2D eigenvalue weighted by molar-refractivity contribution is -0.0117. The minimum atomic E-state index is -0.350. The maximum absolute atomic E-state index is 13.2. The summed E-state index contributed by atoms with van der Waals surface area (Å²) in [7, 11) is 3.54. The van der Waals surface area contributed by atoms with E-state index < -0.39 is 0 Å².